The van der Waals surface area contributed by atoms with Crippen LogP contribution in [0, 0.1) is 27.1 Å². The molecule has 4 aliphatic carbocycles. The van der Waals surface area contributed by atoms with Crippen LogP contribution in [0.25, 0.3) is 0 Å². The van der Waals surface area contributed by atoms with E-state index in [1.807, 2.05) is 16.4 Å². The van der Waals surface area contributed by atoms with Crippen LogP contribution in [0.5, 0.6) is 0 Å². The Morgan fingerprint density at radius 1 is 1.00 bits per heavy atom. The van der Waals surface area contributed by atoms with Crippen LogP contribution in [0.2, 0.25) is 5.02 Å². The molecule has 10 heteroatoms. The molecule has 0 unspecified atom stereocenters. The lowest BCUT2D eigenvalue weighted by Gasteiger charge is -2.46. The Morgan fingerprint density at radius 3 is 2.16 bits per heavy atom. The molecule has 5 fully saturated rings. The number of ether oxygens (including phenoxy) is 1. The lowest BCUT2D eigenvalue weighted by atomic mass is 9.69. The van der Waals surface area contributed by atoms with Gasteiger partial charge in [-0.25, -0.2) is 8.42 Å². The Morgan fingerprint density at radius 2 is 1.60 bits per heavy atom. The molecule has 1 aliphatic heterocycles. The Kier molecular flexibility index (Phi) is 8.86. The van der Waals surface area contributed by atoms with Gasteiger partial charge < -0.3 is 4.74 Å². The number of hydrogen-bond donors (Lipinski definition) is 1. The summed E-state index contributed by atoms with van der Waals surface area (Å²) in [6.45, 7) is 4.45. The molecule has 8 nitrogen and oxygen atoms in total. The van der Waals surface area contributed by atoms with Crippen LogP contribution in [0.15, 0.2) is 30.0 Å². The Bertz CT molecular complexity index is 1330. The summed E-state index contributed by atoms with van der Waals surface area (Å²) in [6, 6.07) is 7.42. The first-order valence-corrected chi connectivity index (χ1v) is 18.4. The van der Waals surface area contributed by atoms with Gasteiger partial charge in [-0.3, -0.25) is 5.41 Å². The molecule has 0 spiro atoms. The van der Waals surface area contributed by atoms with Gasteiger partial charge in [0.2, 0.25) is 10.0 Å². The number of halogens is 1. The van der Waals surface area contributed by atoms with E-state index >= 15 is 0 Å². The highest BCUT2D eigenvalue weighted by Crippen LogP contribution is 2.67. The Labute approximate surface area is 261 Å². The molecule has 43 heavy (non-hydrogen) atoms. The second-order valence-electron chi connectivity index (χ2n) is 14.3. The topological polar surface area (TPSA) is 99.8 Å². The monoisotopic (exact) mass is 632 g/mol. The first-order valence-electron chi connectivity index (χ1n) is 16.4. The maximum Gasteiger partial charge on any atom is 0.361 e. The van der Waals surface area contributed by atoms with Crippen molar-refractivity contribution < 1.29 is 22.9 Å². The van der Waals surface area contributed by atoms with E-state index in [1.165, 1.54) is 12.8 Å². The fourth-order valence-corrected chi connectivity index (χ4v) is 12.3. The minimum Gasteiger partial charge on any atom is -0.333 e. The highest BCUT2D eigenvalue weighted by Gasteiger charge is 2.67. The molecule has 2 bridgehead atoms. The summed E-state index contributed by atoms with van der Waals surface area (Å²) >= 11 is 6.11. The van der Waals surface area contributed by atoms with E-state index < -0.39 is 27.6 Å². The maximum atomic E-state index is 14.7. The number of fused-ring (bicyclic) bond motifs is 2. The second-order valence-corrected chi connectivity index (χ2v) is 16.6. The number of sulfonamides is 1. The van der Waals surface area contributed by atoms with E-state index in [9.17, 15) is 13.3 Å². The molecular weight excluding hydrogens is 586 g/mol. The third-order valence-electron chi connectivity index (χ3n) is 11.9. The third-order valence-corrected chi connectivity index (χ3v) is 14.2. The number of hydrogen-bond acceptors (Lipinski definition) is 6. The van der Waals surface area contributed by atoms with E-state index in [0.717, 1.165) is 76.2 Å². The van der Waals surface area contributed by atoms with E-state index in [4.69, 9.17) is 26.6 Å². The van der Waals surface area contributed by atoms with Crippen molar-refractivity contribution in [2.45, 2.75) is 134 Å². The van der Waals surface area contributed by atoms with Crippen molar-refractivity contribution in [2.75, 3.05) is 5.75 Å². The molecule has 5 aliphatic rings. The Balaban J connectivity index is 1.28. The summed E-state index contributed by atoms with van der Waals surface area (Å²) in [5, 5.41) is 8.34. The van der Waals surface area contributed by atoms with Crippen LogP contribution < -0.4 is 0 Å². The molecule has 1 heterocycles. The van der Waals surface area contributed by atoms with Crippen molar-refractivity contribution in [3.05, 3.63) is 45.5 Å². The molecule has 1 aromatic rings. The average Bonchev–Trinajstić information content (AvgIpc) is 3.33. The van der Waals surface area contributed by atoms with Crippen molar-refractivity contribution in [3.8, 4) is 0 Å². The predicted molar refractivity (Wildman–Crippen MR) is 166 cm³/mol. The van der Waals surface area contributed by atoms with Gasteiger partial charge in [-0.2, -0.15) is 9.14 Å². The van der Waals surface area contributed by atoms with E-state index in [-0.39, 0.29) is 35.1 Å². The van der Waals surface area contributed by atoms with E-state index in [2.05, 4.69) is 19.7 Å². The number of benzene rings is 1. The van der Waals surface area contributed by atoms with Crippen molar-refractivity contribution in [2.24, 2.45) is 16.7 Å². The van der Waals surface area contributed by atoms with Gasteiger partial charge in [0, 0.05) is 28.9 Å². The summed E-state index contributed by atoms with van der Waals surface area (Å²) in [6.07, 6.45) is 12.3. The van der Waals surface area contributed by atoms with Gasteiger partial charge >= 0.3 is 5.70 Å². The molecule has 0 radical (unpaired) electrons. The fourth-order valence-electron chi connectivity index (χ4n) is 9.38. The van der Waals surface area contributed by atoms with Gasteiger partial charge in [0.05, 0.1) is 28.6 Å². The summed E-state index contributed by atoms with van der Waals surface area (Å²) in [5.41, 5.74) is 0.126. The quantitative estimate of drug-likeness (QED) is 0.299. The van der Waals surface area contributed by atoms with Crippen LogP contribution >= 0.6 is 11.6 Å². The number of nitrogens with zero attached hydrogens (tertiary/aromatic N) is 2. The number of allylic oxidation sites excluding steroid dienone is 1. The molecular formula is C33H47ClN3O5S+. The van der Waals surface area contributed by atoms with Crippen LogP contribution in [0.3, 0.4) is 0 Å². The zero-order chi connectivity index (χ0) is 30.4. The van der Waals surface area contributed by atoms with Gasteiger partial charge in [-0.15, -0.1) is 0 Å². The summed E-state index contributed by atoms with van der Waals surface area (Å²) in [4.78, 5) is 19.0. The molecule has 5 atom stereocenters. The van der Waals surface area contributed by atoms with Crippen molar-refractivity contribution in [1.29, 1.82) is 5.41 Å². The van der Waals surface area contributed by atoms with Crippen LogP contribution in [0.4, 0.5) is 0 Å². The van der Waals surface area contributed by atoms with E-state index in [0.29, 0.717) is 22.3 Å². The third kappa shape index (κ3) is 5.74. The predicted octanol–water partition coefficient (Wildman–Crippen LogP) is 7.50. The average molecular weight is 633 g/mol. The molecule has 4 saturated carbocycles. The van der Waals surface area contributed by atoms with Gasteiger partial charge in [0.15, 0.2) is 0 Å². The largest absolute Gasteiger partial charge is 0.361 e. The smallest absolute Gasteiger partial charge is 0.333 e. The van der Waals surface area contributed by atoms with Crippen molar-refractivity contribution >= 4 is 27.5 Å². The van der Waals surface area contributed by atoms with Crippen LogP contribution in [-0.2, 0) is 19.6 Å². The van der Waals surface area contributed by atoms with Crippen molar-refractivity contribution in [3.63, 3.8) is 0 Å². The molecule has 1 aromatic carbocycles. The molecule has 0 amide bonds. The normalized spacial score (nSPS) is 33.5. The van der Waals surface area contributed by atoms with E-state index in [1.54, 1.807) is 12.1 Å². The number of nitrogens with one attached hydrogen (secondary N) is 1. The molecule has 0 aromatic heterocycles. The first-order chi connectivity index (χ1) is 20.6. The summed E-state index contributed by atoms with van der Waals surface area (Å²) < 4.78 is 38.2. The first kappa shape index (κ1) is 31.2. The fraction of sp³-hybridized carbons (Fsp3) is 0.758. The van der Waals surface area contributed by atoms with Crippen molar-refractivity contribution in [1.82, 2.24) is 4.31 Å². The van der Waals surface area contributed by atoms with Crippen LogP contribution in [0.1, 0.15) is 115 Å². The molecule has 1 N–H and O–H groups in total. The molecule has 6 rings (SSSR count). The van der Waals surface area contributed by atoms with Gasteiger partial charge in [0.25, 0.3) is 11.2 Å². The Hall–Kier alpha value is -1.77. The summed E-state index contributed by atoms with van der Waals surface area (Å²) in [7, 11) is -3.59. The highest BCUT2D eigenvalue weighted by atomic mass is 35.5. The maximum absolute atomic E-state index is 14.7. The zero-order valence-corrected chi connectivity index (χ0v) is 27.2. The standard InChI is InChI=1S/C33H47ClN3O5S/c1-32(2)24-17-18-33(32,22-43(39,40)36(26-9-5-3-6-10-26)27-11-7-4-8-12-27)30(19-24)41-31-20-28(29(21-35)37(38)42-31)23-13-15-25(34)16-14-23/h13-16,24,26-28,30-31,35H,3-12,17-20,22H2,1-2H3/q+1/t24-,28-,30-,31-,33-/m1/s1. The van der Waals surface area contributed by atoms with Crippen LogP contribution in [-0.4, -0.2) is 53.7 Å². The minimum absolute atomic E-state index is 0.0846. The highest BCUT2D eigenvalue weighted by molar-refractivity contribution is 7.89. The SMILES string of the molecule is CC1(C)[C@@H]2CC[C@@]1(CS(=O)(=O)N(C1CCCCC1)C1CCCCC1)[C@H](O[C@H]1C[C@H](c3ccc(Cl)cc3)C(=C=N)[N+](=O)O1)C2. The molecule has 236 valence electrons. The molecule has 1 saturated heterocycles. The zero-order valence-electron chi connectivity index (χ0n) is 25.6. The minimum atomic E-state index is -3.59. The van der Waals surface area contributed by atoms with Gasteiger partial charge in [-0.1, -0.05) is 76.1 Å². The summed E-state index contributed by atoms with van der Waals surface area (Å²) in [5.74, 6) is 2.26. The lowest BCUT2D eigenvalue weighted by molar-refractivity contribution is -0.802. The van der Waals surface area contributed by atoms with Gasteiger partial charge in [0.1, 0.15) is 0 Å². The second kappa shape index (κ2) is 12.2. The lowest BCUT2D eigenvalue weighted by Crippen LogP contribution is -2.55. The van der Waals surface area contributed by atoms with Gasteiger partial charge in [-0.05, 0) is 74.0 Å². The number of rotatable bonds is 8.